The normalized spacial score (nSPS) is 12.4. The summed E-state index contributed by atoms with van der Waals surface area (Å²) < 4.78 is 0. The Morgan fingerprint density at radius 1 is 1.24 bits per heavy atom. The Hall–Kier alpha value is -1.53. The van der Waals surface area contributed by atoms with E-state index in [0.717, 1.165) is 22.0 Å². The number of hydrogen-bond donors (Lipinski definition) is 1. The molecule has 2 rings (SSSR count). The molecule has 1 amide bonds. The molecule has 2 heterocycles. The second-order valence-corrected chi connectivity index (χ2v) is 8.88. The first kappa shape index (κ1) is 19.8. The van der Waals surface area contributed by atoms with E-state index in [0.29, 0.717) is 25.2 Å². The summed E-state index contributed by atoms with van der Waals surface area (Å²) in [5.41, 5.74) is 1.03. The van der Waals surface area contributed by atoms with Crippen molar-refractivity contribution in [3.8, 4) is 0 Å². The van der Waals surface area contributed by atoms with Crippen molar-refractivity contribution in [2.24, 2.45) is 5.92 Å². The predicted molar refractivity (Wildman–Crippen MR) is 104 cm³/mol. The summed E-state index contributed by atoms with van der Waals surface area (Å²) in [7, 11) is 0. The lowest BCUT2D eigenvalue weighted by molar-refractivity contribution is -0.122. The number of hydrogen-bond acceptors (Lipinski definition) is 5. The van der Waals surface area contributed by atoms with Crippen LogP contribution < -0.4 is 5.32 Å². The van der Waals surface area contributed by atoms with Crippen LogP contribution in [0.1, 0.15) is 70.8 Å². The van der Waals surface area contributed by atoms with Crippen molar-refractivity contribution >= 4 is 34.4 Å². The Morgan fingerprint density at radius 2 is 2.00 bits per heavy atom. The molecular formula is C19H26N2O2S2. The van der Waals surface area contributed by atoms with E-state index >= 15 is 0 Å². The van der Waals surface area contributed by atoms with Crippen molar-refractivity contribution in [1.82, 2.24) is 10.3 Å². The Bertz CT molecular complexity index is 686. The van der Waals surface area contributed by atoms with Gasteiger partial charge < -0.3 is 5.32 Å². The minimum Gasteiger partial charge on any atom is -0.347 e. The number of Topliss-reactive ketones (excluding diaryl/α,β-unsaturated/α-hetero) is 1. The molecule has 136 valence electrons. The first-order valence-electron chi connectivity index (χ1n) is 8.66. The number of rotatable bonds is 9. The van der Waals surface area contributed by atoms with Crippen LogP contribution in [0.5, 0.6) is 0 Å². The van der Waals surface area contributed by atoms with Gasteiger partial charge in [-0.25, -0.2) is 4.98 Å². The van der Waals surface area contributed by atoms with Gasteiger partial charge in [-0.05, 0) is 44.1 Å². The van der Waals surface area contributed by atoms with E-state index in [2.05, 4.69) is 31.1 Å². The summed E-state index contributed by atoms with van der Waals surface area (Å²) in [6.45, 7) is 8.35. The van der Waals surface area contributed by atoms with E-state index in [9.17, 15) is 9.59 Å². The third-order valence-corrected chi connectivity index (χ3v) is 6.09. The monoisotopic (exact) mass is 378 g/mol. The number of nitrogens with one attached hydrogen (secondary N) is 1. The van der Waals surface area contributed by atoms with Crippen molar-refractivity contribution in [2.45, 2.75) is 59.4 Å². The topological polar surface area (TPSA) is 59.1 Å². The molecule has 0 saturated heterocycles. The van der Waals surface area contributed by atoms with Crippen LogP contribution in [0.2, 0.25) is 0 Å². The SMILES string of the molecule is Cc1nc(C(CC(C)C)NC(=O)CCCC(=O)c2cccs2)sc1C. The standard InChI is InChI=1S/C19H26N2O2S2/c1-12(2)11-15(19-20-13(3)14(4)25-19)21-18(23)9-5-7-16(22)17-8-6-10-24-17/h6,8,10,12,15H,5,7,9,11H2,1-4H3,(H,21,23). The lowest BCUT2D eigenvalue weighted by Gasteiger charge is -2.18. The van der Waals surface area contributed by atoms with Gasteiger partial charge in [0.1, 0.15) is 5.01 Å². The molecule has 0 aliphatic carbocycles. The third-order valence-electron chi connectivity index (χ3n) is 3.99. The molecule has 25 heavy (non-hydrogen) atoms. The highest BCUT2D eigenvalue weighted by Crippen LogP contribution is 2.27. The molecule has 0 spiro atoms. The van der Waals surface area contributed by atoms with Crippen LogP contribution in [-0.4, -0.2) is 16.7 Å². The molecule has 4 nitrogen and oxygen atoms in total. The molecule has 0 saturated carbocycles. The Balaban J connectivity index is 1.87. The molecular weight excluding hydrogens is 352 g/mol. The van der Waals surface area contributed by atoms with Gasteiger partial charge in [0.2, 0.25) is 5.91 Å². The third kappa shape index (κ3) is 6.04. The molecule has 0 bridgehead atoms. The van der Waals surface area contributed by atoms with Crippen LogP contribution >= 0.6 is 22.7 Å². The van der Waals surface area contributed by atoms with E-state index in [1.807, 2.05) is 24.4 Å². The molecule has 6 heteroatoms. The second-order valence-electron chi connectivity index (χ2n) is 6.70. The fraction of sp³-hybridized carbons (Fsp3) is 0.526. The van der Waals surface area contributed by atoms with E-state index < -0.39 is 0 Å². The van der Waals surface area contributed by atoms with Gasteiger partial charge >= 0.3 is 0 Å². The second kappa shape index (κ2) is 9.25. The van der Waals surface area contributed by atoms with Crippen molar-refractivity contribution in [3.63, 3.8) is 0 Å². The van der Waals surface area contributed by atoms with Gasteiger partial charge in [0.05, 0.1) is 16.6 Å². The van der Waals surface area contributed by atoms with Gasteiger partial charge in [-0.15, -0.1) is 22.7 Å². The lowest BCUT2D eigenvalue weighted by atomic mass is 10.0. The first-order chi connectivity index (χ1) is 11.9. The summed E-state index contributed by atoms with van der Waals surface area (Å²) >= 11 is 3.11. The van der Waals surface area contributed by atoms with Crippen LogP contribution in [0, 0.1) is 19.8 Å². The molecule has 1 unspecified atom stereocenters. The Kier molecular flexibility index (Phi) is 7.32. The minimum atomic E-state index is -0.0436. The maximum Gasteiger partial charge on any atom is 0.220 e. The highest BCUT2D eigenvalue weighted by atomic mass is 32.1. The highest BCUT2D eigenvalue weighted by Gasteiger charge is 2.20. The minimum absolute atomic E-state index is 0.00450. The number of amides is 1. The van der Waals surface area contributed by atoms with Crippen molar-refractivity contribution in [1.29, 1.82) is 0 Å². The molecule has 0 aliphatic heterocycles. The predicted octanol–water partition coefficient (Wildman–Crippen LogP) is 5.08. The number of aromatic nitrogens is 1. The van der Waals surface area contributed by atoms with Crippen LogP contribution in [0.25, 0.3) is 0 Å². The maximum absolute atomic E-state index is 12.3. The molecule has 1 atom stereocenters. The smallest absolute Gasteiger partial charge is 0.220 e. The molecule has 0 fully saturated rings. The summed E-state index contributed by atoms with van der Waals surface area (Å²) in [5, 5.41) is 5.99. The van der Waals surface area contributed by atoms with Crippen molar-refractivity contribution < 1.29 is 9.59 Å². The lowest BCUT2D eigenvalue weighted by Crippen LogP contribution is -2.29. The number of nitrogens with zero attached hydrogens (tertiary/aromatic N) is 1. The summed E-state index contributed by atoms with van der Waals surface area (Å²) in [4.78, 5) is 30.9. The van der Waals surface area contributed by atoms with E-state index in [1.54, 1.807) is 11.3 Å². The Morgan fingerprint density at radius 3 is 2.56 bits per heavy atom. The van der Waals surface area contributed by atoms with Gasteiger partial charge in [0.15, 0.2) is 5.78 Å². The number of thiazole rings is 1. The van der Waals surface area contributed by atoms with Gasteiger partial charge in [-0.3, -0.25) is 9.59 Å². The van der Waals surface area contributed by atoms with Crippen LogP contribution in [0.4, 0.5) is 0 Å². The number of thiophene rings is 1. The fourth-order valence-electron chi connectivity index (χ4n) is 2.58. The van der Waals surface area contributed by atoms with Crippen LogP contribution in [-0.2, 0) is 4.79 Å². The van der Waals surface area contributed by atoms with Gasteiger partial charge in [0, 0.05) is 17.7 Å². The Labute approximate surface area is 157 Å². The largest absolute Gasteiger partial charge is 0.347 e. The highest BCUT2D eigenvalue weighted by molar-refractivity contribution is 7.12. The number of carbonyl (C=O) groups excluding carboxylic acids is 2. The van der Waals surface area contributed by atoms with E-state index in [-0.39, 0.29) is 17.7 Å². The van der Waals surface area contributed by atoms with Crippen molar-refractivity contribution in [3.05, 3.63) is 38.0 Å². The van der Waals surface area contributed by atoms with Crippen LogP contribution in [0.3, 0.4) is 0 Å². The maximum atomic E-state index is 12.3. The number of carbonyl (C=O) groups is 2. The van der Waals surface area contributed by atoms with Crippen LogP contribution in [0.15, 0.2) is 17.5 Å². The molecule has 1 N–H and O–H groups in total. The average Bonchev–Trinajstić information content (AvgIpc) is 3.17. The quantitative estimate of drug-likeness (QED) is 0.619. The molecule has 2 aromatic rings. The van der Waals surface area contributed by atoms with E-state index in [4.69, 9.17) is 0 Å². The molecule has 0 aliphatic rings. The molecule has 2 aromatic heterocycles. The van der Waals surface area contributed by atoms with Gasteiger partial charge in [-0.1, -0.05) is 19.9 Å². The number of ketones is 1. The molecule has 0 aromatic carbocycles. The average molecular weight is 379 g/mol. The number of aryl methyl sites for hydroxylation is 2. The van der Waals surface area contributed by atoms with Gasteiger partial charge in [-0.2, -0.15) is 0 Å². The zero-order valence-corrected chi connectivity index (χ0v) is 16.9. The summed E-state index contributed by atoms with van der Waals surface area (Å²) in [5.74, 6) is 0.582. The van der Waals surface area contributed by atoms with E-state index in [1.165, 1.54) is 16.2 Å². The summed E-state index contributed by atoms with van der Waals surface area (Å²) in [6.07, 6.45) is 2.23. The van der Waals surface area contributed by atoms with Crippen molar-refractivity contribution in [2.75, 3.05) is 0 Å². The molecule has 0 radical (unpaired) electrons. The summed E-state index contributed by atoms with van der Waals surface area (Å²) in [6, 6.07) is 3.66. The zero-order valence-electron chi connectivity index (χ0n) is 15.3. The fourth-order valence-corrected chi connectivity index (χ4v) is 4.26. The first-order valence-corrected chi connectivity index (χ1v) is 10.4. The van der Waals surface area contributed by atoms with Gasteiger partial charge in [0.25, 0.3) is 0 Å². The zero-order chi connectivity index (χ0) is 18.4.